The molecule has 0 amide bonds. The third kappa shape index (κ3) is 1.52. The fourth-order valence-electron chi connectivity index (χ4n) is 2.18. The average molecular weight is 208 g/mol. The van der Waals surface area contributed by atoms with E-state index in [0.717, 1.165) is 12.0 Å². The topological polar surface area (TPSA) is 26.3 Å². The van der Waals surface area contributed by atoms with E-state index in [2.05, 4.69) is 19.6 Å². The van der Waals surface area contributed by atoms with Crippen molar-refractivity contribution < 1.29 is 9.53 Å². The van der Waals surface area contributed by atoms with E-state index in [1.54, 1.807) is 0 Å². The number of ether oxygens (including phenoxy) is 1. The van der Waals surface area contributed by atoms with Gasteiger partial charge in [-0.3, -0.25) is 4.79 Å². The van der Waals surface area contributed by atoms with E-state index in [-0.39, 0.29) is 11.4 Å². The number of esters is 1. The molecule has 0 heterocycles. The molecule has 1 aliphatic rings. The number of carbonyl (C=O) groups excluding carboxylic acids is 1. The summed E-state index contributed by atoms with van der Waals surface area (Å²) in [7, 11) is 0. The highest BCUT2D eigenvalue weighted by Crippen LogP contribution is 2.54. The number of rotatable bonds is 3. The Morgan fingerprint density at radius 1 is 1.67 bits per heavy atom. The molecule has 0 aliphatic heterocycles. The zero-order valence-electron chi connectivity index (χ0n) is 10.1. The summed E-state index contributed by atoms with van der Waals surface area (Å²) >= 11 is 0. The Morgan fingerprint density at radius 2 is 2.27 bits per heavy atom. The first-order valence-corrected chi connectivity index (χ1v) is 5.40. The van der Waals surface area contributed by atoms with Crippen molar-refractivity contribution in [2.24, 2.45) is 10.8 Å². The number of allylic oxidation sites excluding steroid dienone is 2. The van der Waals surface area contributed by atoms with Crippen LogP contribution in [0.2, 0.25) is 0 Å². The Morgan fingerprint density at radius 3 is 2.73 bits per heavy atom. The van der Waals surface area contributed by atoms with Crippen LogP contribution in [0.1, 0.15) is 34.1 Å². The van der Waals surface area contributed by atoms with Gasteiger partial charge in [0.05, 0.1) is 12.0 Å². The van der Waals surface area contributed by atoms with Crippen molar-refractivity contribution in [2.45, 2.75) is 34.1 Å². The maximum absolute atomic E-state index is 12.0. The number of hydrogen-bond acceptors (Lipinski definition) is 2. The van der Waals surface area contributed by atoms with Crippen LogP contribution < -0.4 is 0 Å². The maximum Gasteiger partial charge on any atom is 0.316 e. The summed E-state index contributed by atoms with van der Waals surface area (Å²) in [5.41, 5.74) is 0.317. The monoisotopic (exact) mass is 208 g/mol. The zero-order chi connectivity index (χ0) is 11.7. The Hall–Kier alpha value is -1.05. The number of hydrogen-bond donors (Lipinski definition) is 0. The van der Waals surface area contributed by atoms with Gasteiger partial charge in [-0.2, -0.15) is 0 Å². The van der Waals surface area contributed by atoms with Crippen LogP contribution >= 0.6 is 0 Å². The Labute approximate surface area is 92.0 Å². The van der Waals surface area contributed by atoms with Gasteiger partial charge in [0.25, 0.3) is 0 Å². The van der Waals surface area contributed by atoms with E-state index in [4.69, 9.17) is 4.74 Å². The van der Waals surface area contributed by atoms with Gasteiger partial charge in [-0.1, -0.05) is 24.6 Å². The molecule has 2 atom stereocenters. The lowest BCUT2D eigenvalue weighted by molar-refractivity contribution is -0.156. The van der Waals surface area contributed by atoms with Crippen molar-refractivity contribution in [1.29, 1.82) is 0 Å². The summed E-state index contributed by atoms with van der Waals surface area (Å²) in [6.07, 6.45) is 4.84. The molecule has 2 nitrogen and oxygen atoms in total. The smallest absolute Gasteiger partial charge is 0.316 e. The molecule has 84 valence electrons. The molecule has 0 aromatic heterocycles. The fourth-order valence-corrected chi connectivity index (χ4v) is 2.18. The molecule has 0 unspecified atom stereocenters. The molecule has 2 heteroatoms. The van der Waals surface area contributed by atoms with Crippen LogP contribution in [-0.2, 0) is 9.53 Å². The normalized spacial score (nSPS) is 34.8. The summed E-state index contributed by atoms with van der Waals surface area (Å²) in [6, 6.07) is 0. The van der Waals surface area contributed by atoms with Crippen molar-refractivity contribution >= 4 is 5.97 Å². The summed E-state index contributed by atoms with van der Waals surface area (Å²) in [5.74, 6) is -0.140. The van der Waals surface area contributed by atoms with Gasteiger partial charge in [0.15, 0.2) is 0 Å². The van der Waals surface area contributed by atoms with E-state index in [1.807, 2.05) is 26.8 Å². The van der Waals surface area contributed by atoms with Crippen LogP contribution in [0.4, 0.5) is 0 Å². The van der Waals surface area contributed by atoms with E-state index in [0.29, 0.717) is 6.61 Å². The highest BCUT2D eigenvalue weighted by atomic mass is 16.5. The maximum atomic E-state index is 12.0. The minimum atomic E-state index is -0.551. The molecule has 0 bridgehead atoms. The molecule has 0 saturated carbocycles. The predicted octanol–water partition coefficient (Wildman–Crippen LogP) is 3.10. The third-order valence-corrected chi connectivity index (χ3v) is 3.90. The van der Waals surface area contributed by atoms with Crippen molar-refractivity contribution in [2.75, 3.05) is 6.61 Å². The fraction of sp³-hybridized carbons (Fsp3) is 0.615. The quantitative estimate of drug-likeness (QED) is 0.526. The molecule has 0 saturated heterocycles. The van der Waals surface area contributed by atoms with Gasteiger partial charge < -0.3 is 4.74 Å². The molecule has 0 aromatic rings. The molecule has 0 N–H and O–H groups in total. The lowest BCUT2D eigenvalue weighted by atomic mass is 9.65. The van der Waals surface area contributed by atoms with Crippen LogP contribution in [-0.4, -0.2) is 12.6 Å². The average Bonchev–Trinajstić information content (AvgIpc) is 2.45. The van der Waals surface area contributed by atoms with Gasteiger partial charge in [0.2, 0.25) is 0 Å². The molecule has 0 aromatic carbocycles. The van der Waals surface area contributed by atoms with Crippen LogP contribution in [0, 0.1) is 10.8 Å². The second kappa shape index (κ2) is 3.84. The third-order valence-electron chi connectivity index (χ3n) is 3.90. The summed E-state index contributed by atoms with van der Waals surface area (Å²) in [5, 5.41) is 0. The Kier molecular flexibility index (Phi) is 3.08. The molecule has 15 heavy (non-hydrogen) atoms. The second-order valence-corrected chi connectivity index (χ2v) is 4.56. The molecule has 0 fully saturated rings. The van der Waals surface area contributed by atoms with Crippen molar-refractivity contribution in [3.05, 3.63) is 24.3 Å². The molecule has 1 rings (SSSR count). The predicted molar refractivity (Wildman–Crippen MR) is 61.4 cm³/mol. The minimum absolute atomic E-state index is 0.140. The van der Waals surface area contributed by atoms with Gasteiger partial charge in [0, 0.05) is 5.41 Å². The SMILES string of the molecule is C=C[C@]1(C)CC=C(C)[C@]1(C)C(=O)OCC. The first kappa shape index (κ1) is 12.0. The number of carbonyl (C=O) groups is 1. The minimum Gasteiger partial charge on any atom is -0.465 e. The van der Waals surface area contributed by atoms with E-state index < -0.39 is 5.41 Å². The van der Waals surface area contributed by atoms with Gasteiger partial charge >= 0.3 is 5.97 Å². The standard InChI is InChI=1S/C13H20O2/c1-6-12(4)9-8-10(3)13(12,5)11(14)15-7-2/h6,8H,1,7,9H2,2-5H3/t12-,13-/m1/s1. The van der Waals surface area contributed by atoms with Crippen LogP contribution in [0.5, 0.6) is 0 Å². The van der Waals surface area contributed by atoms with Gasteiger partial charge in [0.1, 0.15) is 0 Å². The lowest BCUT2D eigenvalue weighted by Gasteiger charge is -2.38. The van der Waals surface area contributed by atoms with Crippen molar-refractivity contribution in [3.63, 3.8) is 0 Å². The van der Waals surface area contributed by atoms with Crippen LogP contribution in [0.25, 0.3) is 0 Å². The summed E-state index contributed by atoms with van der Waals surface area (Å²) in [4.78, 5) is 12.0. The Balaban J connectivity index is 3.11. The first-order chi connectivity index (χ1) is 6.92. The van der Waals surface area contributed by atoms with Crippen LogP contribution in [0.3, 0.4) is 0 Å². The van der Waals surface area contributed by atoms with Crippen LogP contribution in [0.15, 0.2) is 24.3 Å². The molecule has 1 aliphatic carbocycles. The summed E-state index contributed by atoms with van der Waals surface area (Å²) in [6.45, 7) is 12.1. The first-order valence-electron chi connectivity index (χ1n) is 5.40. The Bertz CT molecular complexity index is 316. The summed E-state index contributed by atoms with van der Waals surface area (Å²) < 4.78 is 5.17. The van der Waals surface area contributed by atoms with Crippen molar-refractivity contribution in [1.82, 2.24) is 0 Å². The molecular formula is C13H20O2. The highest BCUT2D eigenvalue weighted by molar-refractivity contribution is 5.82. The second-order valence-electron chi connectivity index (χ2n) is 4.56. The zero-order valence-corrected chi connectivity index (χ0v) is 10.1. The lowest BCUT2D eigenvalue weighted by Crippen LogP contribution is -2.41. The van der Waals surface area contributed by atoms with Crippen molar-refractivity contribution in [3.8, 4) is 0 Å². The van der Waals surface area contributed by atoms with E-state index in [1.165, 1.54) is 0 Å². The highest BCUT2D eigenvalue weighted by Gasteiger charge is 2.53. The van der Waals surface area contributed by atoms with E-state index in [9.17, 15) is 4.79 Å². The molecule has 0 radical (unpaired) electrons. The molecule has 0 spiro atoms. The van der Waals surface area contributed by atoms with Gasteiger partial charge in [-0.25, -0.2) is 0 Å². The van der Waals surface area contributed by atoms with E-state index >= 15 is 0 Å². The van der Waals surface area contributed by atoms with Gasteiger partial charge in [-0.05, 0) is 27.2 Å². The van der Waals surface area contributed by atoms with Gasteiger partial charge in [-0.15, -0.1) is 6.58 Å². The molecular weight excluding hydrogens is 188 g/mol. The largest absolute Gasteiger partial charge is 0.465 e.